The van der Waals surface area contributed by atoms with Crippen molar-refractivity contribution in [1.82, 2.24) is 9.78 Å². The summed E-state index contributed by atoms with van der Waals surface area (Å²) in [6, 6.07) is 0. The number of hydrogen-bond acceptors (Lipinski definition) is 3. The molecule has 4 heteroatoms. The summed E-state index contributed by atoms with van der Waals surface area (Å²) >= 11 is 0. The smallest absolute Gasteiger partial charge is 0.150 e. The summed E-state index contributed by atoms with van der Waals surface area (Å²) in [5, 5.41) is 4.37. The van der Waals surface area contributed by atoms with Crippen molar-refractivity contribution in [2.45, 2.75) is 25.8 Å². The van der Waals surface area contributed by atoms with Gasteiger partial charge in [0.1, 0.15) is 5.82 Å². The Morgan fingerprint density at radius 3 is 2.92 bits per heavy atom. The molecule has 1 aromatic rings. The summed E-state index contributed by atoms with van der Waals surface area (Å²) in [4.78, 5) is 2.42. The Morgan fingerprint density at radius 1 is 1.15 bits per heavy atom. The highest BCUT2D eigenvalue weighted by molar-refractivity contribution is 5.60. The number of nitrogens with zero attached hydrogens (tertiary/aromatic N) is 3. The number of aromatic nitrogens is 2. The van der Waals surface area contributed by atoms with Crippen LogP contribution in [0.15, 0.2) is 0 Å². The second kappa shape index (κ2) is 2.40. The van der Waals surface area contributed by atoms with Gasteiger partial charge in [0.05, 0.1) is 0 Å². The second-order valence-electron chi connectivity index (χ2n) is 3.85. The summed E-state index contributed by atoms with van der Waals surface area (Å²) in [6.07, 6.45) is 3.54. The van der Waals surface area contributed by atoms with Crippen molar-refractivity contribution in [2.24, 2.45) is 0 Å². The molecule has 0 aliphatic carbocycles. The van der Waals surface area contributed by atoms with Crippen molar-refractivity contribution >= 4 is 11.6 Å². The van der Waals surface area contributed by atoms with Crippen LogP contribution in [0, 0.1) is 0 Å². The lowest BCUT2D eigenvalue weighted by Gasteiger charge is -2.33. The Morgan fingerprint density at radius 2 is 2.00 bits per heavy atom. The fraction of sp³-hybridized carbons (Fsp3) is 0.667. The molecule has 0 atom stereocenters. The zero-order valence-electron chi connectivity index (χ0n) is 7.66. The Balaban J connectivity index is 2.19. The summed E-state index contributed by atoms with van der Waals surface area (Å²) in [5.74, 6) is 2.05. The van der Waals surface area contributed by atoms with Gasteiger partial charge >= 0.3 is 0 Å². The van der Waals surface area contributed by atoms with E-state index in [-0.39, 0.29) is 0 Å². The third-order valence-electron chi connectivity index (χ3n) is 3.00. The zero-order chi connectivity index (χ0) is 8.84. The van der Waals surface area contributed by atoms with E-state index in [0.717, 1.165) is 18.8 Å². The second-order valence-corrected chi connectivity index (χ2v) is 3.85. The number of aryl methyl sites for hydroxylation is 1. The molecule has 0 saturated carbocycles. The summed E-state index contributed by atoms with van der Waals surface area (Å²) in [6.45, 7) is 3.40. The van der Waals surface area contributed by atoms with E-state index in [2.05, 4.69) is 14.7 Å². The topological polar surface area (TPSA) is 47.1 Å². The largest absolute Gasteiger partial charge is 0.382 e. The van der Waals surface area contributed by atoms with Crippen molar-refractivity contribution < 1.29 is 0 Å². The average molecular weight is 178 g/mol. The molecular weight excluding hydrogens is 164 g/mol. The first-order chi connectivity index (χ1) is 6.36. The van der Waals surface area contributed by atoms with Gasteiger partial charge in [0.2, 0.25) is 0 Å². The van der Waals surface area contributed by atoms with Crippen LogP contribution in [0.4, 0.5) is 11.6 Å². The summed E-state index contributed by atoms with van der Waals surface area (Å²) in [5.41, 5.74) is 7.15. The van der Waals surface area contributed by atoms with E-state index in [1.807, 2.05) is 0 Å². The van der Waals surface area contributed by atoms with Gasteiger partial charge in [-0.25, -0.2) is 4.68 Å². The fourth-order valence-electron chi connectivity index (χ4n) is 2.44. The maximum absolute atomic E-state index is 5.87. The van der Waals surface area contributed by atoms with Gasteiger partial charge < -0.3 is 10.6 Å². The molecule has 0 spiro atoms. The number of hydrogen-bond donors (Lipinski definition) is 1. The van der Waals surface area contributed by atoms with E-state index in [9.17, 15) is 0 Å². The monoisotopic (exact) mass is 178 g/mol. The van der Waals surface area contributed by atoms with E-state index in [1.165, 1.54) is 37.3 Å². The van der Waals surface area contributed by atoms with Crippen molar-refractivity contribution in [2.75, 3.05) is 23.7 Å². The van der Waals surface area contributed by atoms with Crippen LogP contribution >= 0.6 is 0 Å². The van der Waals surface area contributed by atoms with Crippen molar-refractivity contribution in [3.8, 4) is 0 Å². The van der Waals surface area contributed by atoms with Gasteiger partial charge in [0.25, 0.3) is 0 Å². The normalized spacial score (nSPS) is 20.2. The SMILES string of the molecule is Nc1nn2c3c1CCCN3CCC2. The Kier molecular flexibility index (Phi) is 1.34. The maximum atomic E-state index is 5.87. The third kappa shape index (κ3) is 0.884. The number of anilines is 2. The predicted octanol–water partition coefficient (Wildman–Crippen LogP) is 0.622. The molecule has 0 radical (unpaired) electrons. The van der Waals surface area contributed by atoms with Crippen molar-refractivity contribution in [3.05, 3.63) is 5.56 Å². The van der Waals surface area contributed by atoms with Gasteiger partial charge in [-0.3, -0.25) is 0 Å². The van der Waals surface area contributed by atoms with Gasteiger partial charge in [-0.15, -0.1) is 0 Å². The van der Waals surface area contributed by atoms with Gasteiger partial charge in [-0.05, 0) is 19.3 Å². The number of nitrogen functional groups attached to an aromatic ring is 1. The van der Waals surface area contributed by atoms with Crippen molar-refractivity contribution in [3.63, 3.8) is 0 Å². The molecule has 0 fully saturated rings. The van der Waals surface area contributed by atoms with Crippen LogP contribution in [0.2, 0.25) is 0 Å². The molecule has 2 aliphatic heterocycles. The third-order valence-corrected chi connectivity index (χ3v) is 3.00. The molecule has 13 heavy (non-hydrogen) atoms. The van der Waals surface area contributed by atoms with Gasteiger partial charge in [-0.2, -0.15) is 5.10 Å². The highest BCUT2D eigenvalue weighted by atomic mass is 15.4. The lowest BCUT2D eigenvalue weighted by atomic mass is 10.1. The van der Waals surface area contributed by atoms with Gasteiger partial charge in [0.15, 0.2) is 5.82 Å². The summed E-state index contributed by atoms with van der Waals surface area (Å²) in [7, 11) is 0. The van der Waals surface area contributed by atoms with E-state index in [4.69, 9.17) is 5.73 Å². The van der Waals surface area contributed by atoms with Crippen LogP contribution in [0.3, 0.4) is 0 Å². The Bertz CT molecular complexity index is 340. The van der Waals surface area contributed by atoms with E-state index >= 15 is 0 Å². The van der Waals surface area contributed by atoms with Crippen LogP contribution in [0.5, 0.6) is 0 Å². The van der Waals surface area contributed by atoms with E-state index < -0.39 is 0 Å². The average Bonchev–Trinajstić information content (AvgIpc) is 2.47. The minimum absolute atomic E-state index is 0.751. The molecule has 0 aromatic carbocycles. The molecule has 4 nitrogen and oxygen atoms in total. The lowest BCUT2D eigenvalue weighted by Crippen LogP contribution is -2.36. The molecular formula is C9H14N4. The van der Waals surface area contributed by atoms with E-state index in [1.54, 1.807) is 0 Å². The molecule has 3 heterocycles. The first-order valence-corrected chi connectivity index (χ1v) is 4.96. The highest BCUT2D eigenvalue weighted by Gasteiger charge is 2.27. The molecule has 1 aromatic heterocycles. The molecule has 70 valence electrons. The Hall–Kier alpha value is -1.19. The molecule has 2 N–H and O–H groups in total. The lowest BCUT2D eigenvalue weighted by molar-refractivity contribution is 0.504. The molecule has 0 unspecified atom stereocenters. The molecule has 3 rings (SSSR count). The minimum Gasteiger partial charge on any atom is -0.382 e. The highest BCUT2D eigenvalue weighted by Crippen LogP contribution is 2.33. The van der Waals surface area contributed by atoms with Crippen LogP contribution < -0.4 is 10.6 Å². The summed E-state index contributed by atoms with van der Waals surface area (Å²) < 4.78 is 2.08. The molecule has 0 bridgehead atoms. The standard InChI is InChI=1S/C9H14N4/c10-8-7-3-1-4-12-5-2-6-13(11-8)9(7)12/h1-6H2,(H2,10,11). The van der Waals surface area contributed by atoms with E-state index in [0.29, 0.717) is 0 Å². The predicted molar refractivity (Wildman–Crippen MR) is 51.8 cm³/mol. The first-order valence-electron chi connectivity index (χ1n) is 4.96. The van der Waals surface area contributed by atoms with Crippen molar-refractivity contribution in [1.29, 1.82) is 0 Å². The maximum Gasteiger partial charge on any atom is 0.150 e. The van der Waals surface area contributed by atoms with Gasteiger partial charge in [-0.1, -0.05) is 0 Å². The molecule has 2 aliphatic rings. The quantitative estimate of drug-likeness (QED) is 0.633. The minimum atomic E-state index is 0.751. The van der Waals surface area contributed by atoms with Crippen LogP contribution in [-0.4, -0.2) is 22.9 Å². The number of nitrogens with two attached hydrogens (primary N) is 1. The molecule has 0 saturated heterocycles. The Labute approximate surface area is 77.3 Å². The van der Waals surface area contributed by atoms with Crippen LogP contribution in [0.1, 0.15) is 18.4 Å². The number of rotatable bonds is 0. The van der Waals surface area contributed by atoms with Gasteiger partial charge in [0, 0.05) is 25.2 Å². The zero-order valence-corrected chi connectivity index (χ0v) is 7.66. The fourth-order valence-corrected chi connectivity index (χ4v) is 2.44. The van der Waals surface area contributed by atoms with Crippen LogP contribution in [0.25, 0.3) is 0 Å². The first kappa shape index (κ1) is 7.24. The van der Waals surface area contributed by atoms with Crippen LogP contribution in [-0.2, 0) is 13.0 Å². The molecule has 0 amide bonds.